The highest BCUT2D eigenvalue weighted by Crippen LogP contribution is 2.24. The first-order chi connectivity index (χ1) is 12.7. The Labute approximate surface area is 161 Å². The molecule has 0 spiro atoms. The number of nitrogens with zero attached hydrogens (tertiary/aromatic N) is 2. The lowest BCUT2D eigenvalue weighted by atomic mass is 9.94. The van der Waals surface area contributed by atoms with Gasteiger partial charge in [-0.05, 0) is 76.1 Å². The van der Waals surface area contributed by atoms with Crippen LogP contribution in [0, 0.1) is 5.92 Å². The zero-order valence-electron chi connectivity index (χ0n) is 15.5. The molecule has 26 heavy (non-hydrogen) atoms. The average Bonchev–Trinajstić information content (AvgIpc) is 2.67. The highest BCUT2D eigenvalue weighted by atomic mass is 35.5. The molecule has 1 fully saturated rings. The number of hydrogen-bond acceptors (Lipinski definition) is 4. The first-order valence-electron chi connectivity index (χ1n) is 9.40. The van der Waals surface area contributed by atoms with E-state index in [9.17, 15) is 0 Å². The summed E-state index contributed by atoms with van der Waals surface area (Å²) >= 11 is 6.18. The van der Waals surface area contributed by atoms with Gasteiger partial charge in [-0.2, -0.15) is 0 Å². The molecular formula is C21H28ClN3O. The number of benzene rings is 1. The van der Waals surface area contributed by atoms with E-state index >= 15 is 0 Å². The van der Waals surface area contributed by atoms with Crippen molar-refractivity contribution in [2.24, 2.45) is 5.92 Å². The monoisotopic (exact) mass is 373 g/mol. The minimum Gasteiger partial charge on any atom is -0.489 e. The highest BCUT2D eigenvalue weighted by Gasteiger charge is 2.16. The summed E-state index contributed by atoms with van der Waals surface area (Å²) < 4.78 is 5.99. The van der Waals surface area contributed by atoms with Crippen LogP contribution in [-0.4, -0.2) is 36.6 Å². The zero-order chi connectivity index (χ0) is 18.2. The molecule has 0 saturated carbocycles. The summed E-state index contributed by atoms with van der Waals surface area (Å²) in [5, 5.41) is 4.30. The third-order valence-corrected chi connectivity index (χ3v) is 5.26. The lowest BCUT2D eigenvalue weighted by Gasteiger charge is -2.28. The van der Waals surface area contributed by atoms with Crippen molar-refractivity contribution in [3.05, 3.63) is 58.9 Å². The van der Waals surface area contributed by atoms with Gasteiger partial charge in [0.1, 0.15) is 12.4 Å². The topological polar surface area (TPSA) is 37.4 Å². The first kappa shape index (κ1) is 19.2. The number of nitrogens with one attached hydrogen (secondary N) is 1. The molecule has 4 nitrogen and oxygen atoms in total. The van der Waals surface area contributed by atoms with E-state index < -0.39 is 0 Å². The molecule has 1 aromatic carbocycles. The van der Waals surface area contributed by atoms with Crippen LogP contribution in [0.4, 0.5) is 0 Å². The van der Waals surface area contributed by atoms with Crippen LogP contribution >= 0.6 is 11.6 Å². The van der Waals surface area contributed by atoms with E-state index in [-0.39, 0.29) is 0 Å². The van der Waals surface area contributed by atoms with Crippen LogP contribution in [0.25, 0.3) is 0 Å². The van der Waals surface area contributed by atoms with Gasteiger partial charge in [0.15, 0.2) is 0 Å². The van der Waals surface area contributed by atoms with Crippen molar-refractivity contribution < 1.29 is 4.74 Å². The molecule has 140 valence electrons. The van der Waals surface area contributed by atoms with Gasteiger partial charge in [-0.15, -0.1) is 0 Å². The van der Waals surface area contributed by atoms with Gasteiger partial charge < -0.3 is 15.0 Å². The quantitative estimate of drug-likeness (QED) is 0.706. The second-order valence-electron chi connectivity index (χ2n) is 7.11. The number of pyridine rings is 1. The Morgan fingerprint density at radius 3 is 2.88 bits per heavy atom. The van der Waals surface area contributed by atoms with Crippen LogP contribution in [0.5, 0.6) is 5.75 Å². The van der Waals surface area contributed by atoms with Crippen molar-refractivity contribution in [1.29, 1.82) is 0 Å². The SMILES string of the molecule is CN1CCC(CCNCc2cc(Cl)ccc2OCc2cccnc2)CC1. The maximum absolute atomic E-state index is 6.18. The Hall–Kier alpha value is -1.62. The number of rotatable bonds is 8. The van der Waals surface area contributed by atoms with Crippen molar-refractivity contribution in [2.45, 2.75) is 32.4 Å². The fraction of sp³-hybridized carbons (Fsp3) is 0.476. The molecule has 2 aromatic rings. The van der Waals surface area contributed by atoms with E-state index in [1.165, 1.54) is 32.4 Å². The Morgan fingerprint density at radius 1 is 1.27 bits per heavy atom. The molecule has 1 aliphatic rings. The van der Waals surface area contributed by atoms with E-state index in [1.54, 1.807) is 6.20 Å². The average molecular weight is 374 g/mol. The van der Waals surface area contributed by atoms with Crippen LogP contribution < -0.4 is 10.1 Å². The van der Waals surface area contributed by atoms with Crippen molar-refractivity contribution in [3.8, 4) is 5.75 Å². The Balaban J connectivity index is 1.48. The number of likely N-dealkylation sites (tertiary alicyclic amines) is 1. The molecule has 5 heteroatoms. The van der Waals surface area contributed by atoms with Gasteiger partial charge in [0, 0.05) is 35.1 Å². The van der Waals surface area contributed by atoms with Crippen molar-refractivity contribution in [1.82, 2.24) is 15.2 Å². The summed E-state index contributed by atoms with van der Waals surface area (Å²) in [6.45, 7) is 4.77. The van der Waals surface area contributed by atoms with Crippen LogP contribution in [0.15, 0.2) is 42.7 Å². The summed E-state index contributed by atoms with van der Waals surface area (Å²) in [4.78, 5) is 6.55. The number of aromatic nitrogens is 1. The normalized spacial score (nSPS) is 15.9. The smallest absolute Gasteiger partial charge is 0.124 e. The third-order valence-electron chi connectivity index (χ3n) is 5.02. The van der Waals surface area contributed by atoms with Gasteiger partial charge >= 0.3 is 0 Å². The maximum Gasteiger partial charge on any atom is 0.124 e. The van der Waals surface area contributed by atoms with Gasteiger partial charge in [0.2, 0.25) is 0 Å². The second-order valence-corrected chi connectivity index (χ2v) is 7.55. The number of piperidine rings is 1. The lowest BCUT2D eigenvalue weighted by Crippen LogP contribution is -2.31. The van der Waals surface area contributed by atoms with Crippen LogP contribution in [0.1, 0.15) is 30.4 Å². The van der Waals surface area contributed by atoms with Gasteiger partial charge in [-0.1, -0.05) is 17.7 Å². The molecule has 1 N–H and O–H groups in total. The Bertz CT molecular complexity index is 672. The fourth-order valence-corrected chi connectivity index (χ4v) is 3.55. The number of ether oxygens (including phenoxy) is 1. The summed E-state index contributed by atoms with van der Waals surface area (Å²) in [6, 6.07) is 9.76. The second kappa shape index (κ2) is 9.91. The van der Waals surface area contributed by atoms with E-state index in [0.717, 1.165) is 40.9 Å². The predicted octanol–water partition coefficient (Wildman–Crippen LogP) is 4.14. The molecule has 0 radical (unpaired) electrons. The summed E-state index contributed by atoms with van der Waals surface area (Å²) in [7, 11) is 2.21. The third kappa shape index (κ3) is 5.97. The van der Waals surface area contributed by atoms with Crippen LogP contribution in [0.2, 0.25) is 5.02 Å². The van der Waals surface area contributed by atoms with Crippen molar-refractivity contribution >= 4 is 11.6 Å². The zero-order valence-corrected chi connectivity index (χ0v) is 16.2. The van der Waals surface area contributed by atoms with Gasteiger partial charge in [0.05, 0.1) is 0 Å². The Kier molecular flexibility index (Phi) is 7.30. The minimum atomic E-state index is 0.512. The summed E-state index contributed by atoms with van der Waals surface area (Å²) in [5.74, 6) is 1.73. The molecule has 1 aliphatic heterocycles. The number of hydrogen-bond donors (Lipinski definition) is 1. The molecule has 0 unspecified atom stereocenters. The largest absolute Gasteiger partial charge is 0.489 e. The lowest BCUT2D eigenvalue weighted by molar-refractivity contribution is 0.211. The number of halogens is 1. The van der Waals surface area contributed by atoms with Crippen molar-refractivity contribution in [3.63, 3.8) is 0 Å². The Morgan fingerprint density at radius 2 is 2.12 bits per heavy atom. The molecule has 0 amide bonds. The van der Waals surface area contributed by atoms with E-state index in [1.807, 2.05) is 36.5 Å². The molecule has 0 aliphatic carbocycles. The highest BCUT2D eigenvalue weighted by molar-refractivity contribution is 6.30. The van der Waals surface area contributed by atoms with Gasteiger partial charge in [0.25, 0.3) is 0 Å². The molecule has 0 bridgehead atoms. The standard InChI is InChI=1S/C21H28ClN3O/c1-25-11-7-17(8-12-25)6-10-24-15-19-13-20(22)4-5-21(19)26-16-18-3-2-9-23-14-18/h2-5,9,13-14,17,24H,6-8,10-12,15-16H2,1H3. The molecule has 1 saturated heterocycles. The van der Waals surface area contributed by atoms with E-state index in [2.05, 4.69) is 22.2 Å². The maximum atomic E-state index is 6.18. The molecule has 3 rings (SSSR count). The van der Waals surface area contributed by atoms with E-state index in [0.29, 0.717) is 6.61 Å². The van der Waals surface area contributed by atoms with E-state index in [4.69, 9.17) is 16.3 Å². The molecule has 0 atom stereocenters. The van der Waals surface area contributed by atoms with Crippen molar-refractivity contribution in [2.75, 3.05) is 26.7 Å². The minimum absolute atomic E-state index is 0.512. The first-order valence-corrected chi connectivity index (χ1v) is 9.78. The molecule has 1 aromatic heterocycles. The summed E-state index contributed by atoms with van der Waals surface area (Å²) in [5.41, 5.74) is 2.16. The van der Waals surface area contributed by atoms with Crippen LogP contribution in [-0.2, 0) is 13.2 Å². The predicted molar refractivity (Wildman–Crippen MR) is 107 cm³/mol. The van der Waals surface area contributed by atoms with Gasteiger partial charge in [-0.25, -0.2) is 0 Å². The molecular weight excluding hydrogens is 346 g/mol. The molecule has 2 heterocycles. The van der Waals surface area contributed by atoms with Gasteiger partial charge in [-0.3, -0.25) is 4.98 Å². The fourth-order valence-electron chi connectivity index (χ4n) is 3.35. The summed E-state index contributed by atoms with van der Waals surface area (Å²) in [6.07, 6.45) is 7.46. The van der Waals surface area contributed by atoms with Crippen LogP contribution in [0.3, 0.4) is 0 Å².